The molecule has 0 aliphatic rings. The van der Waals surface area contributed by atoms with Crippen molar-refractivity contribution in [3.05, 3.63) is 157 Å². The van der Waals surface area contributed by atoms with Crippen LogP contribution in [0.15, 0.2) is 157 Å². The van der Waals surface area contributed by atoms with Crippen LogP contribution in [-0.4, -0.2) is 0 Å². The maximum Gasteiger partial charge on any atom is 0.0636 e. The number of hydrogen-bond donors (Lipinski definition) is 0. The monoisotopic (exact) mass is 529 g/mol. The zero-order valence-corrected chi connectivity index (χ0v) is 20.2. The van der Waals surface area contributed by atoms with Crippen molar-refractivity contribution >= 4 is 43.1 Å². The van der Waals surface area contributed by atoms with Gasteiger partial charge >= 0.3 is 0 Å². The van der Waals surface area contributed by atoms with Gasteiger partial charge in [-0.2, -0.15) is 0 Å². The number of rotatable bonds is 3. The number of benzene rings is 8. The molecule has 0 saturated carbocycles. The lowest BCUT2D eigenvalue weighted by atomic mass is 9.85. The van der Waals surface area contributed by atoms with Crippen LogP contribution < -0.4 is 0 Å². The predicted molar refractivity (Wildman–Crippen MR) is 173 cm³/mol. The molecule has 0 unspecified atom stereocenters. The molecule has 8 rings (SSSR count). The summed E-state index contributed by atoms with van der Waals surface area (Å²) in [6.45, 7) is 0. The molecule has 0 aliphatic carbocycles. The molecule has 0 amide bonds. The van der Waals surface area contributed by atoms with Gasteiger partial charge in [0.05, 0.1) is 31.5 Å². The van der Waals surface area contributed by atoms with Gasteiger partial charge in [0.2, 0.25) is 0 Å². The Balaban J connectivity index is 1.61. The molecule has 0 radical (unpaired) electrons. The highest BCUT2D eigenvalue weighted by atomic mass is 14.2. The number of hydrogen-bond acceptors (Lipinski definition) is 0. The molecular formula is C40H26. The molecule has 0 heteroatoms. The summed E-state index contributed by atoms with van der Waals surface area (Å²) >= 11 is 0. The summed E-state index contributed by atoms with van der Waals surface area (Å²) in [5.41, 5.74) is -2.00. The number of fused-ring (bicyclic) bond motifs is 4. The second-order valence-corrected chi connectivity index (χ2v) is 8.74. The van der Waals surface area contributed by atoms with Crippen molar-refractivity contribution in [2.45, 2.75) is 0 Å². The van der Waals surface area contributed by atoms with Gasteiger partial charge in [0, 0.05) is 0 Å². The van der Waals surface area contributed by atoms with E-state index >= 15 is 0 Å². The highest BCUT2D eigenvalue weighted by Crippen LogP contribution is 2.44. The zero-order valence-electron chi connectivity index (χ0n) is 43.2. The first kappa shape index (κ1) is 9.47. The van der Waals surface area contributed by atoms with Crippen molar-refractivity contribution in [2.24, 2.45) is 0 Å². The second kappa shape index (κ2) is 9.22. The Morgan fingerprint density at radius 3 is 1.52 bits per heavy atom. The van der Waals surface area contributed by atoms with Gasteiger partial charge in [-0.25, -0.2) is 0 Å². The Labute approximate surface area is 266 Å². The van der Waals surface area contributed by atoms with Crippen molar-refractivity contribution in [1.29, 1.82) is 0 Å². The molecular weight excluding hydrogens is 480 g/mol. The Hall–Kier alpha value is -5.20. The van der Waals surface area contributed by atoms with Crippen LogP contribution in [0.1, 0.15) is 31.5 Å². The topological polar surface area (TPSA) is 0 Å². The third-order valence-electron chi connectivity index (χ3n) is 6.56. The summed E-state index contributed by atoms with van der Waals surface area (Å²) in [5.74, 6) is 0. The summed E-state index contributed by atoms with van der Waals surface area (Å²) in [7, 11) is 0. The molecule has 0 N–H and O–H groups in total. The van der Waals surface area contributed by atoms with Crippen LogP contribution in [0.2, 0.25) is 0 Å². The standard InChI is InChI=1S/C40H26/c1-2-12-31-26-32(25-20-27(31)10-1)40-37-17-7-5-15-35(37)39(36-16-6-8-18-38(36)40)30-23-21-29(22-24-30)34-19-9-13-28-11-3-4-14-33(28)34/h1-26H/i1D,2D,3D,4D,5D,6D,7D,8D,9D,10D,11D,12D,13D,14D,15D,16D,17D,18D,19D,20D,21D,25D,26D. The minimum Gasteiger partial charge on any atom is -0.0616 e. The third-order valence-corrected chi connectivity index (χ3v) is 6.56. The van der Waals surface area contributed by atoms with E-state index in [1.807, 2.05) is 0 Å². The van der Waals surface area contributed by atoms with Gasteiger partial charge < -0.3 is 0 Å². The molecule has 8 aromatic rings. The molecule has 8 aromatic carbocycles. The summed E-state index contributed by atoms with van der Waals surface area (Å²) in [6, 6.07) is -13.5. The van der Waals surface area contributed by atoms with Crippen LogP contribution >= 0.6 is 0 Å². The molecule has 0 bridgehead atoms. The Morgan fingerprint density at radius 1 is 0.325 bits per heavy atom. The summed E-state index contributed by atoms with van der Waals surface area (Å²) < 4.78 is 202. The lowest BCUT2D eigenvalue weighted by Gasteiger charge is -2.18. The fraction of sp³-hybridized carbons (Fsp3) is 0. The average molecular weight is 530 g/mol. The van der Waals surface area contributed by atoms with Gasteiger partial charge in [-0.3, -0.25) is 0 Å². The predicted octanol–water partition coefficient (Wildman–Crippen LogP) is 11.3. The first-order valence-electron chi connectivity index (χ1n) is 23.5. The molecule has 0 fully saturated rings. The maximum absolute atomic E-state index is 9.37. The van der Waals surface area contributed by atoms with Gasteiger partial charge in [0.15, 0.2) is 0 Å². The normalized spacial score (nSPS) is 19.6. The lowest BCUT2D eigenvalue weighted by molar-refractivity contribution is 1.63. The van der Waals surface area contributed by atoms with Crippen LogP contribution in [0.25, 0.3) is 76.5 Å². The van der Waals surface area contributed by atoms with Crippen molar-refractivity contribution in [1.82, 2.24) is 0 Å². The SMILES string of the molecule is [2H]c1cc(-c2c3c([2H])c([2H])c([2H])c([2H])c3c(-c3c([2H])c([2H])c4c([2H])c([2H])c([2H])c([2H])c4c3[2H])c3c([2H])c([2H])c([2H])c([2H])c23)ccc1-c1c([2H])c([2H])c([2H])c2c([2H])c([2H])c([2H])c([2H])c12. The van der Waals surface area contributed by atoms with Crippen LogP contribution in [0.5, 0.6) is 0 Å². The molecule has 40 heavy (non-hydrogen) atoms. The Kier molecular flexibility index (Phi) is 2.18. The smallest absolute Gasteiger partial charge is 0.0616 e. The third kappa shape index (κ3) is 3.61. The second-order valence-electron chi connectivity index (χ2n) is 8.74. The van der Waals surface area contributed by atoms with Gasteiger partial charge in [-0.1, -0.05) is 151 Å². The van der Waals surface area contributed by atoms with Crippen LogP contribution in [-0.2, 0) is 0 Å². The van der Waals surface area contributed by atoms with Gasteiger partial charge in [-0.15, -0.1) is 0 Å². The average Bonchev–Trinajstić information content (AvgIpc) is 3.25. The molecule has 0 saturated heterocycles. The molecule has 186 valence electrons. The molecule has 0 nitrogen and oxygen atoms in total. The Bertz CT molecular complexity index is 3400. The molecule has 0 atom stereocenters. The van der Waals surface area contributed by atoms with Gasteiger partial charge in [0.25, 0.3) is 0 Å². The van der Waals surface area contributed by atoms with Crippen molar-refractivity contribution < 1.29 is 31.5 Å². The van der Waals surface area contributed by atoms with Gasteiger partial charge in [-0.05, 0) is 82.5 Å². The fourth-order valence-corrected chi connectivity index (χ4v) is 4.82. The fourth-order valence-electron chi connectivity index (χ4n) is 4.82. The molecule has 0 aliphatic heterocycles. The first-order valence-corrected chi connectivity index (χ1v) is 12.0. The van der Waals surface area contributed by atoms with Crippen LogP contribution in [0, 0.1) is 0 Å². The van der Waals surface area contributed by atoms with Gasteiger partial charge in [0.1, 0.15) is 0 Å². The van der Waals surface area contributed by atoms with E-state index < -0.39 is 182 Å². The van der Waals surface area contributed by atoms with E-state index in [9.17, 15) is 9.60 Å². The Morgan fingerprint density at radius 2 is 0.850 bits per heavy atom. The zero-order chi connectivity index (χ0) is 46.5. The van der Waals surface area contributed by atoms with E-state index in [0.29, 0.717) is 0 Å². The summed E-state index contributed by atoms with van der Waals surface area (Å²) in [4.78, 5) is 0. The van der Waals surface area contributed by atoms with E-state index in [2.05, 4.69) is 0 Å². The van der Waals surface area contributed by atoms with Crippen molar-refractivity contribution in [3.63, 3.8) is 0 Å². The molecule has 0 heterocycles. The minimum absolute atomic E-state index is 0.104. The van der Waals surface area contributed by atoms with Crippen LogP contribution in [0.3, 0.4) is 0 Å². The van der Waals surface area contributed by atoms with Crippen LogP contribution in [0.4, 0.5) is 0 Å². The van der Waals surface area contributed by atoms with E-state index in [1.165, 1.54) is 12.1 Å². The highest BCUT2D eigenvalue weighted by molar-refractivity contribution is 6.21. The molecule has 0 aromatic heterocycles. The van der Waals surface area contributed by atoms with Crippen molar-refractivity contribution in [2.75, 3.05) is 0 Å². The quantitative estimate of drug-likeness (QED) is 0.200. The van der Waals surface area contributed by atoms with Crippen molar-refractivity contribution in [3.8, 4) is 33.4 Å². The summed E-state index contributed by atoms with van der Waals surface area (Å²) in [5, 5.41) is -3.55. The maximum atomic E-state index is 9.37. The first-order chi connectivity index (χ1) is 29.4. The highest BCUT2D eigenvalue weighted by Gasteiger charge is 2.17. The van der Waals surface area contributed by atoms with E-state index in [1.54, 1.807) is 0 Å². The van der Waals surface area contributed by atoms with E-state index in [0.717, 1.165) is 6.07 Å². The lowest BCUT2D eigenvalue weighted by Crippen LogP contribution is -1.91. The minimum atomic E-state index is -0.852. The largest absolute Gasteiger partial charge is 0.0636 e. The van der Waals surface area contributed by atoms with E-state index in [-0.39, 0.29) is 33.0 Å². The van der Waals surface area contributed by atoms with E-state index in [4.69, 9.17) is 21.9 Å². The summed E-state index contributed by atoms with van der Waals surface area (Å²) in [6.07, 6.45) is 0. The molecule has 0 spiro atoms.